The minimum atomic E-state index is -0.416. The van der Waals surface area contributed by atoms with Crippen molar-refractivity contribution in [3.8, 4) is 22.5 Å². The summed E-state index contributed by atoms with van der Waals surface area (Å²) in [6.07, 6.45) is 2.38. The number of aromatic nitrogens is 5. The number of amidine groups is 1. The number of esters is 1. The smallest absolute Gasteiger partial charge is 0.374 e. The first-order valence-corrected chi connectivity index (χ1v) is 12.3. The fourth-order valence-corrected chi connectivity index (χ4v) is 4.83. The normalized spacial score (nSPS) is 16.7. The minimum Gasteiger partial charge on any atom is -0.460 e. The molecule has 1 saturated carbocycles. The van der Waals surface area contributed by atoms with Crippen molar-refractivity contribution in [2.45, 2.75) is 45.2 Å². The van der Waals surface area contributed by atoms with Gasteiger partial charge in [0.15, 0.2) is 0 Å². The molecule has 0 amide bonds. The summed E-state index contributed by atoms with van der Waals surface area (Å²) in [5, 5.41) is 17.8. The van der Waals surface area contributed by atoms with Crippen molar-refractivity contribution in [1.29, 1.82) is 0 Å². The summed E-state index contributed by atoms with van der Waals surface area (Å²) in [5.74, 6) is 1.92. The second kappa shape index (κ2) is 9.07. The predicted molar refractivity (Wildman–Crippen MR) is 137 cm³/mol. The highest BCUT2D eigenvalue weighted by atomic mass is 16.5. The molecule has 9 heteroatoms. The molecule has 0 spiro atoms. The molecule has 1 aliphatic carbocycles. The average Bonchev–Trinajstić information content (AvgIpc) is 3.46. The summed E-state index contributed by atoms with van der Waals surface area (Å²) in [4.78, 5) is 17.0. The molecule has 2 N–H and O–H groups in total. The first-order valence-electron chi connectivity index (χ1n) is 12.3. The van der Waals surface area contributed by atoms with Gasteiger partial charge in [0.1, 0.15) is 5.82 Å². The highest BCUT2D eigenvalue weighted by molar-refractivity contribution is 6.40. The number of nitrogens with zero attached hydrogens (tertiary/aromatic N) is 5. The molecule has 0 radical (unpaired) electrons. The number of aliphatic imine (C=N–C) groups is 1. The van der Waals surface area contributed by atoms with Crippen molar-refractivity contribution >= 4 is 17.6 Å². The standard InChI is InChI=1S/C27H27N7O2/c1-3-36-27(35)25-28-16(2)22-14-23(19-12-13-19)34(26(22)29-25)15-17-8-10-18(11-9-17)20-6-4-5-7-21(20)24-30-32-33-31-24/h4-11,14,16,19H,3,12-13,15H2,1-2H3,(H,28,29)(H,30,31,32,33). The highest BCUT2D eigenvalue weighted by Gasteiger charge is 2.33. The molecule has 9 nitrogen and oxygen atoms in total. The van der Waals surface area contributed by atoms with Gasteiger partial charge in [-0.25, -0.2) is 4.79 Å². The Bertz CT molecular complexity index is 1430. The fourth-order valence-electron chi connectivity index (χ4n) is 4.83. The summed E-state index contributed by atoms with van der Waals surface area (Å²) in [6, 6.07) is 18.7. The van der Waals surface area contributed by atoms with Crippen LogP contribution in [0.2, 0.25) is 0 Å². The molecular formula is C27H27N7O2. The van der Waals surface area contributed by atoms with Crippen molar-refractivity contribution in [2.24, 2.45) is 4.99 Å². The number of aromatic amines is 1. The van der Waals surface area contributed by atoms with E-state index in [-0.39, 0.29) is 11.9 Å². The third-order valence-corrected chi connectivity index (χ3v) is 6.75. The Morgan fingerprint density at radius 1 is 1.11 bits per heavy atom. The van der Waals surface area contributed by atoms with Crippen LogP contribution in [-0.2, 0) is 16.1 Å². The van der Waals surface area contributed by atoms with E-state index in [4.69, 9.17) is 4.74 Å². The van der Waals surface area contributed by atoms with E-state index in [0.29, 0.717) is 24.9 Å². The van der Waals surface area contributed by atoms with Crippen molar-refractivity contribution in [3.05, 3.63) is 71.4 Å². The summed E-state index contributed by atoms with van der Waals surface area (Å²) in [5.41, 5.74) is 6.65. The third kappa shape index (κ3) is 4.06. The van der Waals surface area contributed by atoms with Crippen LogP contribution in [0.15, 0.2) is 59.6 Å². The topological polar surface area (TPSA) is 110 Å². The Morgan fingerprint density at radius 2 is 1.89 bits per heavy atom. The van der Waals surface area contributed by atoms with E-state index in [9.17, 15) is 4.79 Å². The Balaban J connectivity index is 1.31. The number of hydrogen-bond acceptors (Lipinski definition) is 7. The number of anilines is 1. The maximum Gasteiger partial charge on any atom is 0.374 e. The molecule has 1 aliphatic heterocycles. The lowest BCUT2D eigenvalue weighted by Crippen LogP contribution is -2.30. The van der Waals surface area contributed by atoms with Crippen LogP contribution in [0.1, 0.15) is 55.5 Å². The molecule has 2 aromatic carbocycles. The number of nitrogens with one attached hydrogen (secondary N) is 2. The van der Waals surface area contributed by atoms with Crippen molar-refractivity contribution in [1.82, 2.24) is 25.2 Å². The minimum absolute atomic E-state index is 0.108. The summed E-state index contributed by atoms with van der Waals surface area (Å²) >= 11 is 0. The van der Waals surface area contributed by atoms with Gasteiger partial charge in [0, 0.05) is 23.4 Å². The fraction of sp³-hybridized carbons (Fsp3) is 0.296. The molecular weight excluding hydrogens is 454 g/mol. The lowest BCUT2D eigenvalue weighted by molar-refractivity contribution is -0.135. The largest absolute Gasteiger partial charge is 0.460 e. The van der Waals surface area contributed by atoms with Crippen LogP contribution in [0.25, 0.3) is 22.5 Å². The van der Waals surface area contributed by atoms with Gasteiger partial charge in [-0.1, -0.05) is 48.5 Å². The molecule has 3 heterocycles. The first kappa shape index (κ1) is 22.2. The van der Waals surface area contributed by atoms with Gasteiger partial charge >= 0.3 is 5.97 Å². The number of H-pyrrole nitrogens is 1. The Hall–Kier alpha value is -4.27. The molecule has 36 heavy (non-hydrogen) atoms. The molecule has 6 rings (SSSR count). The first-order chi connectivity index (χ1) is 17.6. The zero-order chi connectivity index (χ0) is 24.6. The zero-order valence-electron chi connectivity index (χ0n) is 20.2. The third-order valence-electron chi connectivity index (χ3n) is 6.75. The Morgan fingerprint density at radius 3 is 2.58 bits per heavy atom. The average molecular weight is 482 g/mol. The van der Waals surface area contributed by atoms with E-state index < -0.39 is 5.97 Å². The number of benzene rings is 2. The lowest BCUT2D eigenvalue weighted by atomic mass is 9.98. The molecule has 1 atom stereocenters. The van der Waals surface area contributed by atoms with Crippen molar-refractivity contribution in [3.63, 3.8) is 0 Å². The van der Waals surface area contributed by atoms with Crippen LogP contribution in [0.3, 0.4) is 0 Å². The van der Waals surface area contributed by atoms with Crippen LogP contribution in [0.4, 0.5) is 5.82 Å². The lowest BCUT2D eigenvalue weighted by Gasteiger charge is -2.22. The Kier molecular flexibility index (Phi) is 5.59. The Labute approximate surface area is 208 Å². The SMILES string of the molecule is CCOC(=O)C1=NC(C)c2cc(C3CC3)n(Cc3ccc(-c4ccccc4-c4nn[nH]n4)cc3)c2N1. The van der Waals surface area contributed by atoms with Gasteiger partial charge in [0.25, 0.3) is 0 Å². The molecule has 4 aromatic rings. The highest BCUT2D eigenvalue weighted by Crippen LogP contribution is 2.45. The number of carbonyl (C=O) groups excluding carboxylic acids is 1. The number of tetrazole rings is 1. The van der Waals surface area contributed by atoms with Gasteiger partial charge in [-0.3, -0.25) is 4.99 Å². The van der Waals surface area contributed by atoms with E-state index >= 15 is 0 Å². The van der Waals surface area contributed by atoms with E-state index in [1.165, 1.54) is 24.1 Å². The molecule has 2 aliphatic rings. The quantitative estimate of drug-likeness (QED) is 0.370. The van der Waals surface area contributed by atoms with Crippen LogP contribution >= 0.6 is 0 Å². The van der Waals surface area contributed by atoms with E-state index in [1.54, 1.807) is 6.92 Å². The van der Waals surface area contributed by atoms with E-state index in [1.807, 2.05) is 25.1 Å². The number of fused-ring (bicyclic) bond motifs is 1. The van der Waals surface area contributed by atoms with Crippen LogP contribution in [0, 0.1) is 0 Å². The molecule has 2 aromatic heterocycles. The van der Waals surface area contributed by atoms with Gasteiger partial charge in [-0.2, -0.15) is 5.21 Å². The maximum atomic E-state index is 12.4. The number of carbonyl (C=O) groups is 1. The van der Waals surface area contributed by atoms with Gasteiger partial charge in [-0.15, -0.1) is 10.2 Å². The predicted octanol–water partition coefficient (Wildman–Crippen LogP) is 4.71. The second-order valence-electron chi connectivity index (χ2n) is 9.21. The summed E-state index contributed by atoms with van der Waals surface area (Å²) < 4.78 is 7.51. The van der Waals surface area contributed by atoms with Gasteiger partial charge in [0.05, 0.1) is 12.6 Å². The number of hydrogen-bond donors (Lipinski definition) is 2. The van der Waals surface area contributed by atoms with Crippen molar-refractivity contribution in [2.75, 3.05) is 11.9 Å². The van der Waals surface area contributed by atoms with Gasteiger partial charge < -0.3 is 14.6 Å². The molecule has 182 valence electrons. The summed E-state index contributed by atoms with van der Waals surface area (Å²) in [6.45, 7) is 4.84. The maximum absolute atomic E-state index is 12.4. The molecule has 1 fully saturated rings. The number of ether oxygens (including phenoxy) is 1. The van der Waals surface area contributed by atoms with Crippen molar-refractivity contribution < 1.29 is 9.53 Å². The zero-order valence-corrected chi connectivity index (χ0v) is 20.2. The molecule has 0 bridgehead atoms. The van der Waals surface area contributed by atoms with Crippen LogP contribution in [0.5, 0.6) is 0 Å². The van der Waals surface area contributed by atoms with Gasteiger partial charge in [0.2, 0.25) is 11.7 Å². The number of rotatable bonds is 7. The van der Waals surface area contributed by atoms with E-state index in [0.717, 1.165) is 28.1 Å². The van der Waals surface area contributed by atoms with Gasteiger partial charge in [-0.05, 0) is 60.6 Å². The van der Waals surface area contributed by atoms with Crippen LogP contribution < -0.4 is 5.32 Å². The van der Waals surface area contributed by atoms with Crippen LogP contribution in [-0.4, -0.2) is 43.6 Å². The monoisotopic (exact) mass is 481 g/mol. The second-order valence-corrected chi connectivity index (χ2v) is 9.21. The summed E-state index contributed by atoms with van der Waals surface area (Å²) in [7, 11) is 0. The molecule has 0 saturated heterocycles. The molecule has 1 unspecified atom stereocenters. The van der Waals surface area contributed by atoms with E-state index in [2.05, 4.69) is 71.9 Å².